The lowest BCUT2D eigenvalue weighted by atomic mass is 10.1. The summed E-state index contributed by atoms with van der Waals surface area (Å²) in [6.45, 7) is 0. The maximum Gasteiger partial charge on any atom is 0.170 e. The van der Waals surface area contributed by atoms with Gasteiger partial charge in [0.25, 0.3) is 0 Å². The molecular weight excluding hydrogens is 112 g/mol. The molecule has 2 N–H and O–H groups in total. The molecule has 0 spiro atoms. The smallest absolute Gasteiger partial charge is 0.170 e. The van der Waals surface area contributed by atoms with Gasteiger partial charge < -0.3 is 5.73 Å². The molecule has 0 atom stereocenters. The van der Waals surface area contributed by atoms with Crippen LogP contribution >= 0.6 is 0 Å². The Kier molecular flexibility index (Phi) is 1.58. The van der Waals surface area contributed by atoms with Gasteiger partial charge in [0.2, 0.25) is 0 Å². The lowest BCUT2D eigenvalue weighted by Gasteiger charge is -1.92. The second kappa shape index (κ2) is 2.40. The number of hydrogen-bond acceptors (Lipinski definition) is 2. The fraction of sp³-hybridized carbons (Fsp3) is 0.143. The van der Waals surface area contributed by atoms with Crippen LogP contribution in [0.1, 0.15) is 0 Å². The van der Waals surface area contributed by atoms with Gasteiger partial charge in [-0.1, -0.05) is 0 Å². The Morgan fingerprint density at radius 3 is 2.89 bits per heavy atom. The van der Waals surface area contributed by atoms with E-state index in [-0.39, 0.29) is 0 Å². The Balaban J connectivity index is 2.78. The lowest BCUT2D eigenvalue weighted by molar-refractivity contribution is 1.34. The summed E-state index contributed by atoms with van der Waals surface area (Å²) in [4.78, 5) is 3.95. The van der Waals surface area contributed by atoms with Crippen LogP contribution in [0.15, 0.2) is 28.9 Å². The molecule has 46 valence electrons. The maximum absolute atomic E-state index is 5.47. The van der Waals surface area contributed by atoms with Crippen LogP contribution in [0.5, 0.6) is 0 Å². The number of rotatable bonds is 0. The molecule has 0 aliphatic heterocycles. The van der Waals surface area contributed by atoms with Crippen molar-refractivity contribution in [2.24, 2.45) is 10.7 Å². The van der Waals surface area contributed by atoms with Crippen molar-refractivity contribution in [1.82, 2.24) is 0 Å². The van der Waals surface area contributed by atoms with Crippen LogP contribution < -0.4 is 5.73 Å². The molecule has 0 radical (unpaired) electrons. The third-order valence-electron chi connectivity index (χ3n) is 1.13. The van der Waals surface area contributed by atoms with Gasteiger partial charge in [-0.3, -0.25) is 4.99 Å². The standard InChI is InChI=1S/C7H9N2/c1-9-7-4-2-3-6(8)5-7/h2-5H,8H2,1H3/q+1. The summed E-state index contributed by atoms with van der Waals surface area (Å²) in [6, 6.07) is 0. The van der Waals surface area contributed by atoms with Gasteiger partial charge in [-0.25, -0.2) is 0 Å². The summed E-state index contributed by atoms with van der Waals surface area (Å²) in [6.07, 6.45) is 7.47. The fourth-order valence-corrected chi connectivity index (χ4v) is 0.664. The third-order valence-corrected chi connectivity index (χ3v) is 1.13. The van der Waals surface area contributed by atoms with Gasteiger partial charge in [-0.05, 0) is 0 Å². The van der Waals surface area contributed by atoms with Crippen LogP contribution in [-0.2, 0) is 0 Å². The molecule has 0 aromatic rings. The van der Waals surface area contributed by atoms with Crippen LogP contribution in [0.3, 0.4) is 0 Å². The molecule has 0 fully saturated rings. The van der Waals surface area contributed by atoms with Gasteiger partial charge in [0.05, 0.1) is 24.6 Å². The Morgan fingerprint density at radius 2 is 2.44 bits per heavy atom. The highest BCUT2D eigenvalue weighted by atomic mass is 14.7. The van der Waals surface area contributed by atoms with Crippen molar-refractivity contribution in [3.05, 3.63) is 30.3 Å². The van der Waals surface area contributed by atoms with Crippen molar-refractivity contribution in [2.45, 2.75) is 0 Å². The first kappa shape index (κ1) is 5.95. The topological polar surface area (TPSA) is 38.4 Å². The summed E-state index contributed by atoms with van der Waals surface area (Å²) in [7, 11) is 1.74. The Bertz CT molecular complexity index is 187. The molecule has 2 heteroatoms. The molecule has 1 rings (SSSR count). The molecular formula is C7H9N2+. The van der Waals surface area contributed by atoms with E-state index in [1.807, 2.05) is 24.6 Å². The summed E-state index contributed by atoms with van der Waals surface area (Å²) in [5, 5.41) is 0. The van der Waals surface area contributed by atoms with E-state index < -0.39 is 0 Å². The van der Waals surface area contributed by atoms with Crippen molar-refractivity contribution in [3.63, 3.8) is 0 Å². The van der Waals surface area contributed by atoms with Gasteiger partial charge in [-0.15, -0.1) is 0 Å². The van der Waals surface area contributed by atoms with Crippen molar-refractivity contribution < 1.29 is 0 Å². The first-order valence-corrected chi connectivity index (χ1v) is 2.78. The minimum atomic E-state index is 0.762. The average Bonchev–Trinajstić information content (AvgIpc) is 1.88. The molecule has 1 aliphatic carbocycles. The summed E-state index contributed by atoms with van der Waals surface area (Å²) in [5.74, 6) is 0. The summed E-state index contributed by atoms with van der Waals surface area (Å²) < 4.78 is 0. The van der Waals surface area contributed by atoms with Crippen molar-refractivity contribution >= 4 is 5.71 Å². The van der Waals surface area contributed by atoms with Gasteiger partial charge in [0, 0.05) is 7.05 Å². The first-order valence-electron chi connectivity index (χ1n) is 2.78. The van der Waals surface area contributed by atoms with E-state index >= 15 is 0 Å². The SMILES string of the molecule is CN=C1C=C[CH+]C(N)=C1. The predicted octanol–water partition coefficient (Wildman–Crippen LogP) is 0.674. The molecule has 0 saturated carbocycles. The number of hydrogen-bond donors (Lipinski definition) is 1. The Morgan fingerprint density at radius 1 is 1.67 bits per heavy atom. The monoisotopic (exact) mass is 121 g/mol. The van der Waals surface area contributed by atoms with Crippen molar-refractivity contribution in [1.29, 1.82) is 0 Å². The molecule has 9 heavy (non-hydrogen) atoms. The number of allylic oxidation sites excluding steroid dienone is 3. The van der Waals surface area contributed by atoms with E-state index in [1.54, 1.807) is 7.05 Å². The van der Waals surface area contributed by atoms with Crippen LogP contribution in [0.2, 0.25) is 0 Å². The molecule has 0 heterocycles. The van der Waals surface area contributed by atoms with E-state index in [1.165, 1.54) is 0 Å². The molecule has 0 aromatic heterocycles. The Hall–Kier alpha value is -1.18. The zero-order valence-corrected chi connectivity index (χ0v) is 5.33. The lowest BCUT2D eigenvalue weighted by Crippen LogP contribution is -2.04. The van der Waals surface area contributed by atoms with Crippen LogP contribution in [0.25, 0.3) is 0 Å². The number of nitrogens with two attached hydrogens (primary N) is 1. The third kappa shape index (κ3) is 1.35. The molecule has 2 nitrogen and oxygen atoms in total. The number of nitrogens with zero attached hydrogens (tertiary/aromatic N) is 1. The highest BCUT2D eigenvalue weighted by Crippen LogP contribution is 2.01. The Labute approximate surface area is 54.8 Å². The van der Waals surface area contributed by atoms with E-state index in [4.69, 9.17) is 5.73 Å². The second-order valence-electron chi connectivity index (χ2n) is 1.82. The quantitative estimate of drug-likeness (QED) is 0.470. The molecule has 0 aromatic carbocycles. The summed E-state index contributed by atoms with van der Waals surface area (Å²) >= 11 is 0. The molecule has 0 bridgehead atoms. The molecule has 0 amide bonds. The van der Waals surface area contributed by atoms with Crippen LogP contribution in [-0.4, -0.2) is 12.8 Å². The van der Waals surface area contributed by atoms with E-state index in [0.29, 0.717) is 0 Å². The number of aliphatic imine (C=N–C) groups is 1. The molecule has 1 aliphatic rings. The minimum absolute atomic E-state index is 0.762. The van der Waals surface area contributed by atoms with Crippen molar-refractivity contribution in [3.8, 4) is 0 Å². The fourth-order valence-electron chi connectivity index (χ4n) is 0.664. The molecule has 0 unspecified atom stereocenters. The largest absolute Gasteiger partial charge is 0.377 e. The maximum atomic E-state index is 5.47. The average molecular weight is 121 g/mol. The van der Waals surface area contributed by atoms with Crippen LogP contribution in [0.4, 0.5) is 0 Å². The zero-order chi connectivity index (χ0) is 6.69. The van der Waals surface area contributed by atoms with E-state index in [2.05, 4.69) is 4.99 Å². The normalized spacial score (nSPS) is 21.4. The van der Waals surface area contributed by atoms with Crippen molar-refractivity contribution in [2.75, 3.05) is 7.05 Å². The van der Waals surface area contributed by atoms with Crippen LogP contribution in [0, 0.1) is 6.42 Å². The predicted molar refractivity (Wildman–Crippen MR) is 39.1 cm³/mol. The van der Waals surface area contributed by atoms with Gasteiger partial charge in [0.1, 0.15) is 5.70 Å². The highest BCUT2D eigenvalue weighted by molar-refractivity contribution is 6.05. The zero-order valence-electron chi connectivity index (χ0n) is 5.33. The second-order valence-corrected chi connectivity index (χ2v) is 1.82. The van der Waals surface area contributed by atoms with E-state index in [0.717, 1.165) is 11.4 Å². The molecule has 0 saturated heterocycles. The van der Waals surface area contributed by atoms with Gasteiger partial charge in [-0.2, -0.15) is 0 Å². The summed E-state index contributed by atoms with van der Waals surface area (Å²) in [5.41, 5.74) is 7.16. The van der Waals surface area contributed by atoms with Gasteiger partial charge >= 0.3 is 0 Å². The minimum Gasteiger partial charge on any atom is -0.377 e. The van der Waals surface area contributed by atoms with Gasteiger partial charge in [0.15, 0.2) is 5.71 Å². The highest BCUT2D eigenvalue weighted by Gasteiger charge is 2.05. The van der Waals surface area contributed by atoms with E-state index in [9.17, 15) is 0 Å². The first-order chi connectivity index (χ1) is 4.33.